The fourth-order valence-electron chi connectivity index (χ4n) is 0.420. The zero-order valence-corrected chi connectivity index (χ0v) is 6.76. The number of allylic oxidation sites excluding steroid dienone is 1. The molecule has 0 fully saturated rings. The van der Waals surface area contributed by atoms with E-state index in [1.54, 1.807) is 6.92 Å². The number of isocyanates is 1. The third-order valence-corrected chi connectivity index (χ3v) is 1.06. The molecule has 0 aliphatic heterocycles. The summed E-state index contributed by atoms with van der Waals surface area (Å²) >= 11 is 0. The second kappa shape index (κ2) is 5.45. The Balaban J connectivity index is 4.11. The highest BCUT2D eigenvalue weighted by molar-refractivity contribution is 5.40. The van der Waals surface area contributed by atoms with Crippen molar-refractivity contribution in [2.75, 3.05) is 6.61 Å². The summed E-state index contributed by atoms with van der Waals surface area (Å²) in [6.07, 6.45) is 2.92. The Morgan fingerprint density at radius 2 is 2.45 bits per heavy atom. The average Bonchev–Trinajstić information content (AvgIpc) is 2.00. The fourth-order valence-corrected chi connectivity index (χ4v) is 0.420. The van der Waals surface area contributed by atoms with Gasteiger partial charge in [0.05, 0.1) is 18.6 Å². The van der Waals surface area contributed by atoms with Crippen LogP contribution in [0.1, 0.15) is 13.8 Å². The molecule has 0 atom stereocenters. The quantitative estimate of drug-likeness (QED) is 0.267. The summed E-state index contributed by atoms with van der Waals surface area (Å²) in [4.78, 5) is 13.1. The van der Waals surface area contributed by atoms with E-state index in [-0.39, 0.29) is 0 Å². The lowest BCUT2D eigenvalue weighted by molar-refractivity contribution is 0.266. The van der Waals surface area contributed by atoms with E-state index in [1.165, 1.54) is 12.3 Å². The van der Waals surface area contributed by atoms with Gasteiger partial charge in [0.25, 0.3) is 0 Å². The second-order valence-electron chi connectivity index (χ2n) is 1.91. The third-order valence-electron chi connectivity index (χ3n) is 1.06. The Labute approximate surface area is 66.1 Å². The molecular weight excluding hydrogens is 142 g/mol. The molecule has 0 aliphatic rings. The minimum Gasteiger partial charge on any atom is -0.501 e. The summed E-state index contributed by atoms with van der Waals surface area (Å²) in [5, 5.41) is 0. The van der Waals surface area contributed by atoms with Gasteiger partial charge in [-0.15, -0.1) is 0 Å². The first kappa shape index (κ1) is 9.66. The summed E-state index contributed by atoms with van der Waals surface area (Å²) in [5.41, 5.74) is 1.11. The van der Waals surface area contributed by atoms with Gasteiger partial charge in [0, 0.05) is 5.57 Å². The van der Waals surface area contributed by atoms with Gasteiger partial charge in [-0.25, -0.2) is 4.79 Å². The van der Waals surface area contributed by atoms with Crippen molar-refractivity contribution < 1.29 is 9.53 Å². The zero-order chi connectivity index (χ0) is 8.69. The highest BCUT2D eigenvalue weighted by atomic mass is 16.5. The molecule has 0 aliphatic carbocycles. The van der Waals surface area contributed by atoms with Crippen LogP contribution in [0.5, 0.6) is 0 Å². The first-order valence-corrected chi connectivity index (χ1v) is 3.28. The molecule has 0 radical (unpaired) electrons. The molecule has 0 aromatic carbocycles. The Kier molecular flexibility index (Phi) is 4.78. The molecule has 0 rings (SSSR count). The van der Waals surface area contributed by atoms with Crippen molar-refractivity contribution >= 4 is 6.08 Å². The number of hydrogen-bond donors (Lipinski definition) is 0. The standard InChI is InChI=1S/C8H11NO2/c1-4-11-5-7(2)8(3)9-6-10/h5H,3-4H2,1-2H3/b7-5+. The zero-order valence-electron chi connectivity index (χ0n) is 6.76. The van der Waals surface area contributed by atoms with E-state index in [4.69, 9.17) is 4.74 Å². The van der Waals surface area contributed by atoms with Crippen LogP contribution in [-0.4, -0.2) is 12.7 Å². The van der Waals surface area contributed by atoms with Crippen molar-refractivity contribution in [3.8, 4) is 0 Å². The minimum atomic E-state index is 0.383. The predicted octanol–water partition coefficient (Wildman–Crippen LogP) is 1.78. The van der Waals surface area contributed by atoms with E-state index >= 15 is 0 Å². The van der Waals surface area contributed by atoms with Gasteiger partial charge in [0.15, 0.2) is 0 Å². The molecule has 0 saturated heterocycles. The lowest BCUT2D eigenvalue weighted by Gasteiger charge is -1.97. The number of hydrogen-bond acceptors (Lipinski definition) is 3. The summed E-state index contributed by atoms with van der Waals surface area (Å²) in [6, 6.07) is 0. The van der Waals surface area contributed by atoms with E-state index in [9.17, 15) is 4.79 Å². The molecule has 0 amide bonds. The van der Waals surface area contributed by atoms with Crippen molar-refractivity contribution in [1.82, 2.24) is 0 Å². The van der Waals surface area contributed by atoms with E-state index in [1.807, 2.05) is 6.92 Å². The van der Waals surface area contributed by atoms with Gasteiger partial charge < -0.3 is 4.74 Å². The van der Waals surface area contributed by atoms with Crippen LogP contribution in [0.2, 0.25) is 0 Å². The Morgan fingerprint density at radius 1 is 1.82 bits per heavy atom. The number of carbonyl (C=O) groups excluding carboxylic acids is 1. The normalized spacial score (nSPS) is 10.2. The summed E-state index contributed by atoms with van der Waals surface area (Å²) in [7, 11) is 0. The van der Waals surface area contributed by atoms with Crippen LogP contribution < -0.4 is 0 Å². The lowest BCUT2D eigenvalue weighted by Crippen LogP contribution is -1.83. The van der Waals surface area contributed by atoms with Gasteiger partial charge in [0.1, 0.15) is 0 Å². The number of rotatable bonds is 4. The van der Waals surface area contributed by atoms with E-state index in [2.05, 4.69) is 11.6 Å². The van der Waals surface area contributed by atoms with Crippen LogP contribution in [0.25, 0.3) is 0 Å². The molecule has 0 heterocycles. The van der Waals surface area contributed by atoms with E-state index in [0.717, 1.165) is 5.57 Å². The van der Waals surface area contributed by atoms with Crippen molar-refractivity contribution in [1.29, 1.82) is 0 Å². The molecule has 0 aromatic rings. The monoisotopic (exact) mass is 153 g/mol. The Hall–Kier alpha value is -1.34. The maximum absolute atomic E-state index is 9.77. The highest BCUT2D eigenvalue weighted by Crippen LogP contribution is 2.06. The van der Waals surface area contributed by atoms with E-state index in [0.29, 0.717) is 12.3 Å². The van der Waals surface area contributed by atoms with Gasteiger partial charge in [-0.1, -0.05) is 6.58 Å². The number of ether oxygens (including phenoxy) is 1. The molecule has 11 heavy (non-hydrogen) atoms. The first-order chi connectivity index (χ1) is 5.22. The van der Waals surface area contributed by atoms with Crippen molar-refractivity contribution in [2.24, 2.45) is 4.99 Å². The third kappa shape index (κ3) is 4.12. The van der Waals surface area contributed by atoms with Crippen LogP contribution in [0.15, 0.2) is 29.1 Å². The van der Waals surface area contributed by atoms with Gasteiger partial charge in [-0.3, -0.25) is 0 Å². The van der Waals surface area contributed by atoms with Crippen molar-refractivity contribution in [3.05, 3.63) is 24.1 Å². The maximum Gasteiger partial charge on any atom is 0.240 e. The van der Waals surface area contributed by atoms with Crippen molar-refractivity contribution in [3.63, 3.8) is 0 Å². The highest BCUT2D eigenvalue weighted by Gasteiger charge is 1.92. The fraction of sp³-hybridized carbons (Fsp3) is 0.375. The molecule has 0 unspecified atom stereocenters. The van der Waals surface area contributed by atoms with Crippen LogP contribution >= 0.6 is 0 Å². The minimum absolute atomic E-state index is 0.383. The van der Waals surface area contributed by atoms with Gasteiger partial charge in [-0.2, -0.15) is 4.99 Å². The smallest absolute Gasteiger partial charge is 0.240 e. The van der Waals surface area contributed by atoms with Crippen LogP contribution in [-0.2, 0) is 9.53 Å². The molecule has 3 heteroatoms. The van der Waals surface area contributed by atoms with E-state index < -0.39 is 0 Å². The largest absolute Gasteiger partial charge is 0.501 e. The van der Waals surface area contributed by atoms with Crippen LogP contribution in [0, 0.1) is 0 Å². The summed E-state index contributed by atoms with van der Waals surface area (Å²) < 4.78 is 4.95. The second-order valence-corrected chi connectivity index (χ2v) is 1.91. The molecule has 0 spiro atoms. The molecule has 0 bridgehead atoms. The number of aliphatic imine (C=N–C) groups is 1. The molecular formula is C8H11NO2. The summed E-state index contributed by atoms with van der Waals surface area (Å²) in [6.45, 7) is 7.75. The molecule has 0 N–H and O–H groups in total. The van der Waals surface area contributed by atoms with Crippen LogP contribution in [0.4, 0.5) is 0 Å². The molecule has 3 nitrogen and oxygen atoms in total. The molecule has 0 aromatic heterocycles. The average molecular weight is 153 g/mol. The Morgan fingerprint density at radius 3 is 2.91 bits per heavy atom. The topological polar surface area (TPSA) is 38.7 Å². The van der Waals surface area contributed by atoms with Gasteiger partial charge in [0.2, 0.25) is 6.08 Å². The predicted molar refractivity (Wildman–Crippen MR) is 42.6 cm³/mol. The first-order valence-electron chi connectivity index (χ1n) is 3.28. The number of nitrogens with zero attached hydrogens (tertiary/aromatic N) is 1. The SMILES string of the molecule is C=C(N=C=O)/C(C)=C/OCC. The molecule has 0 saturated carbocycles. The van der Waals surface area contributed by atoms with Crippen LogP contribution in [0.3, 0.4) is 0 Å². The van der Waals surface area contributed by atoms with Gasteiger partial charge in [-0.05, 0) is 13.8 Å². The molecule has 60 valence electrons. The lowest BCUT2D eigenvalue weighted by atomic mass is 10.3. The summed E-state index contributed by atoms with van der Waals surface area (Å²) in [5.74, 6) is 0. The Bertz CT molecular complexity index is 212. The van der Waals surface area contributed by atoms with Gasteiger partial charge >= 0.3 is 0 Å². The maximum atomic E-state index is 9.77. The van der Waals surface area contributed by atoms with Crippen molar-refractivity contribution in [2.45, 2.75) is 13.8 Å².